The highest BCUT2D eigenvalue weighted by atomic mass is 32.2. The van der Waals surface area contributed by atoms with E-state index < -0.39 is 36.1 Å². The number of hydrogen-bond acceptors (Lipinski definition) is 12. The lowest BCUT2D eigenvalue weighted by atomic mass is 10.2. The Morgan fingerprint density at radius 3 is 0.886 bits per heavy atom. The third-order valence-corrected chi connectivity index (χ3v) is 4.79. The van der Waals surface area contributed by atoms with Gasteiger partial charge in [-0.05, 0) is 93.3 Å². The van der Waals surface area contributed by atoms with Gasteiger partial charge in [0.05, 0.1) is 24.0 Å². The Morgan fingerprint density at radius 2 is 0.750 bits per heavy atom. The maximum Gasteiger partial charge on any atom is 0.278 e. The molecule has 0 saturated carbocycles. The minimum atomic E-state index is -1.28. The van der Waals surface area contributed by atoms with E-state index in [0.29, 0.717) is 12.8 Å². The van der Waals surface area contributed by atoms with Gasteiger partial charge in [-0.15, -0.1) is 0 Å². The SMILES string of the molecule is CC(C)O.CC(C)O.CC(C)O.CC(C)O.CSCC[C@H]([NH3+])C(=O)N[C@@H](C)C(=O)[O-].CSCC[C@H]([NH3+])C(=O)N[C@@H](C)C(=O)[O-]. The molecular formula is C28H64N4O10S2. The van der Waals surface area contributed by atoms with Crippen molar-refractivity contribution in [2.24, 2.45) is 0 Å². The van der Waals surface area contributed by atoms with Crippen molar-refractivity contribution in [3.8, 4) is 0 Å². The van der Waals surface area contributed by atoms with Crippen LogP contribution in [0, 0.1) is 0 Å². The molecule has 0 rings (SSSR count). The van der Waals surface area contributed by atoms with Gasteiger partial charge >= 0.3 is 0 Å². The summed E-state index contributed by atoms with van der Waals surface area (Å²) >= 11 is 3.25. The summed E-state index contributed by atoms with van der Waals surface area (Å²) in [6.07, 6.45) is 4.50. The zero-order chi connectivity index (χ0) is 36.6. The van der Waals surface area contributed by atoms with Crippen molar-refractivity contribution in [2.45, 2.75) is 131 Å². The minimum absolute atomic E-state index is 0.167. The van der Waals surface area contributed by atoms with Crippen LogP contribution in [0.2, 0.25) is 0 Å². The Labute approximate surface area is 273 Å². The van der Waals surface area contributed by atoms with Crippen LogP contribution in [0.4, 0.5) is 0 Å². The number of aliphatic hydroxyl groups is 4. The standard InChI is InChI=1S/2C8H16N2O3S.4C3H8O/c2*1-5(8(12)13)10-7(11)6(9)3-4-14-2;4*1-3(2)4/h2*5-6H,3-4,9H2,1-2H3,(H,10,11)(H,12,13);4*3-4H,1-2H3/t2*5-,6-;;;;/m00..../s1. The van der Waals surface area contributed by atoms with Crippen LogP contribution >= 0.6 is 23.5 Å². The first-order valence-corrected chi connectivity index (χ1v) is 17.1. The topological polar surface area (TPSA) is 275 Å². The number of carbonyl (C=O) groups excluding carboxylic acids is 4. The van der Waals surface area contributed by atoms with Crippen molar-refractivity contribution in [3.05, 3.63) is 0 Å². The van der Waals surface area contributed by atoms with Crippen LogP contribution in [0.3, 0.4) is 0 Å². The summed E-state index contributed by atoms with van der Waals surface area (Å²) in [6.45, 7) is 16.5. The van der Waals surface area contributed by atoms with E-state index in [-0.39, 0.29) is 36.2 Å². The number of nitrogens with one attached hydrogen (secondary N) is 2. The van der Waals surface area contributed by atoms with Gasteiger partial charge in [-0.25, -0.2) is 0 Å². The van der Waals surface area contributed by atoms with Crippen LogP contribution < -0.4 is 32.3 Å². The highest BCUT2D eigenvalue weighted by molar-refractivity contribution is 7.98. The van der Waals surface area contributed by atoms with Crippen molar-refractivity contribution >= 4 is 47.3 Å². The smallest absolute Gasteiger partial charge is 0.278 e. The Hall–Kier alpha value is -1.66. The highest BCUT2D eigenvalue weighted by Crippen LogP contribution is 1.98. The second kappa shape index (κ2) is 37.5. The van der Waals surface area contributed by atoms with Gasteiger partial charge < -0.3 is 62.3 Å². The summed E-state index contributed by atoms with van der Waals surface area (Å²) in [5, 5.41) is 57.5. The van der Waals surface area contributed by atoms with E-state index in [2.05, 4.69) is 22.1 Å². The number of hydrogen-bond donors (Lipinski definition) is 8. The largest absolute Gasteiger partial charge is 0.548 e. The molecule has 12 N–H and O–H groups in total. The Bertz CT molecular complexity index is 610. The molecule has 0 spiro atoms. The average Bonchev–Trinajstić information content (AvgIpc) is 2.84. The van der Waals surface area contributed by atoms with Crippen molar-refractivity contribution in [3.63, 3.8) is 0 Å². The van der Waals surface area contributed by atoms with E-state index >= 15 is 0 Å². The molecule has 0 radical (unpaired) electrons. The second-order valence-electron chi connectivity index (χ2n) is 10.4. The fourth-order valence-electron chi connectivity index (χ4n) is 1.56. The molecule has 0 bridgehead atoms. The first-order chi connectivity index (χ1) is 19.9. The van der Waals surface area contributed by atoms with Gasteiger partial charge in [-0.2, -0.15) is 23.5 Å². The second-order valence-corrected chi connectivity index (χ2v) is 12.4. The fourth-order valence-corrected chi connectivity index (χ4v) is 2.60. The van der Waals surface area contributed by atoms with Crippen LogP contribution in [0.5, 0.6) is 0 Å². The number of carboxylic acids is 2. The molecule has 0 aliphatic carbocycles. The van der Waals surface area contributed by atoms with Crippen LogP contribution in [-0.2, 0) is 19.2 Å². The molecule has 0 aromatic rings. The van der Waals surface area contributed by atoms with E-state index in [1.165, 1.54) is 13.8 Å². The van der Waals surface area contributed by atoms with Gasteiger partial charge in [-0.3, -0.25) is 9.59 Å². The van der Waals surface area contributed by atoms with Gasteiger partial charge in [0, 0.05) is 37.3 Å². The van der Waals surface area contributed by atoms with Gasteiger partial charge in [-0.1, -0.05) is 0 Å². The van der Waals surface area contributed by atoms with Gasteiger partial charge in [0.25, 0.3) is 11.8 Å². The molecule has 0 aromatic heterocycles. The van der Waals surface area contributed by atoms with Crippen molar-refractivity contribution in [1.29, 1.82) is 0 Å². The summed E-state index contributed by atoms with van der Waals surface area (Å²) in [7, 11) is 0. The zero-order valence-corrected chi connectivity index (χ0v) is 30.5. The van der Waals surface area contributed by atoms with Gasteiger partial charge in [0.1, 0.15) is 0 Å². The predicted molar refractivity (Wildman–Crippen MR) is 174 cm³/mol. The molecular weight excluding hydrogens is 616 g/mol. The maximum atomic E-state index is 11.3. The lowest BCUT2D eigenvalue weighted by Crippen LogP contribution is -2.69. The van der Waals surface area contributed by atoms with Crippen molar-refractivity contribution in [1.82, 2.24) is 10.6 Å². The summed E-state index contributed by atoms with van der Waals surface area (Å²) in [4.78, 5) is 43.2. The van der Waals surface area contributed by atoms with Crippen LogP contribution in [-0.4, -0.2) is 117 Å². The third-order valence-electron chi connectivity index (χ3n) is 3.51. The average molecular weight is 681 g/mol. The third kappa shape index (κ3) is 67.8. The van der Waals surface area contributed by atoms with E-state index in [9.17, 15) is 29.4 Å². The van der Waals surface area contributed by atoms with Crippen molar-refractivity contribution < 1.29 is 61.3 Å². The highest BCUT2D eigenvalue weighted by Gasteiger charge is 2.19. The summed E-state index contributed by atoms with van der Waals surface area (Å²) in [5.74, 6) is -1.57. The van der Waals surface area contributed by atoms with E-state index in [4.69, 9.17) is 20.4 Å². The number of carbonyl (C=O) groups is 4. The molecule has 0 aromatic carbocycles. The molecule has 0 fully saturated rings. The zero-order valence-electron chi connectivity index (χ0n) is 28.9. The molecule has 0 heterocycles. The van der Waals surface area contributed by atoms with Crippen LogP contribution in [0.1, 0.15) is 82.1 Å². The van der Waals surface area contributed by atoms with E-state index in [1.807, 2.05) is 12.5 Å². The minimum Gasteiger partial charge on any atom is -0.548 e. The monoisotopic (exact) mass is 680 g/mol. The fraction of sp³-hybridized carbons (Fsp3) is 0.857. The van der Waals surface area contributed by atoms with E-state index in [0.717, 1.165) is 11.5 Å². The maximum absolute atomic E-state index is 11.3. The Balaban J connectivity index is -0.000000111. The van der Waals surface area contributed by atoms with Crippen LogP contribution in [0.15, 0.2) is 0 Å². The number of quaternary nitrogens is 2. The molecule has 44 heavy (non-hydrogen) atoms. The number of rotatable bonds is 12. The normalized spacial score (nSPS) is 12.5. The first kappa shape index (κ1) is 54.8. The molecule has 16 heteroatoms. The number of carboxylic acid groups (broad SMARTS) is 2. The first-order valence-electron chi connectivity index (χ1n) is 14.3. The number of aliphatic carboxylic acids is 2. The lowest BCUT2D eigenvalue weighted by Gasteiger charge is -2.16. The van der Waals surface area contributed by atoms with Gasteiger partial charge in [0.15, 0.2) is 12.1 Å². The quantitative estimate of drug-likeness (QED) is 0.101. The lowest BCUT2D eigenvalue weighted by molar-refractivity contribution is -0.404. The summed E-state index contributed by atoms with van der Waals surface area (Å²) in [6, 6.07) is -2.71. The summed E-state index contributed by atoms with van der Waals surface area (Å²) < 4.78 is 0. The molecule has 0 unspecified atom stereocenters. The Morgan fingerprint density at radius 1 is 0.568 bits per heavy atom. The Kier molecular flexibility index (Phi) is 46.7. The number of aliphatic hydroxyl groups excluding tert-OH is 4. The van der Waals surface area contributed by atoms with Crippen molar-refractivity contribution in [2.75, 3.05) is 24.0 Å². The van der Waals surface area contributed by atoms with E-state index in [1.54, 1.807) is 78.9 Å². The molecule has 268 valence electrons. The number of amides is 2. The van der Waals surface area contributed by atoms with Crippen LogP contribution in [0.25, 0.3) is 0 Å². The molecule has 0 saturated heterocycles. The molecule has 0 aliphatic rings. The molecule has 2 amide bonds. The van der Waals surface area contributed by atoms with Gasteiger partial charge in [0.2, 0.25) is 0 Å². The molecule has 0 aliphatic heterocycles. The summed E-state index contributed by atoms with van der Waals surface area (Å²) in [5.41, 5.74) is 7.30. The number of thioether (sulfide) groups is 2. The molecule has 14 nitrogen and oxygen atoms in total. The predicted octanol–water partition coefficient (Wildman–Crippen LogP) is -3.24. The molecule has 4 atom stereocenters.